The lowest BCUT2D eigenvalue weighted by molar-refractivity contribution is 0.306. The van der Waals surface area contributed by atoms with Crippen LogP contribution in [-0.4, -0.2) is 15.3 Å². The molecule has 0 bridgehead atoms. The highest BCUT2D eigenvalue weighted by Gasteiger charge is 2.16. The number of allylic oxidation sites excluding steroid dienone is 6. The molecule has 1 aromatic heterocycles. The highest BCUT2D eigenvalue weighted by atomic mass is 32.1. The van der Waals surface area contributed by atoms with E-state index in [1.807, 2.05) is 0 Å². The molecular formula is C18H16N2O4S. The van der Waals surface area contributed by atoms with Crippen LogP contribution < -0.4 is 21.3 Å². The zero-order valence-corrected chi connectivity index (χ0v) is 15.0. The maximum atomic E-state index is 12.5. The fourth-order valence-electron chi connectivity index (χ4n) is 2.61. The summed E-state index contributed by atoms with van der Waals surface area (Å²) in [5.41, 5.74) is 0.174. The van der Waals surface area contributed by atoms with Crippen LogP contribution in [0.5, 0.6) is 0 Å². The minimum absolute atomic E-state index is 0.0251. The highest BCUT2D eigenvalue weighted by molar-refractivity contribution is 7.12. The Morgan fingerprint density at radius 2 is 1.72 bits per heavy atom. The normalized spacial score (nSPS) is 15.4. The van der Waals surface area contributed by atoms with Gasteiger partial charge in [0.15, 0.2) is 5.01 Å². The molecule has 3 rings (SSSR count). The Labute approximate surface area is 147 Å². The van der Waals surface area contributed by atoms with Gasteiger partial charge in [0.25, 0.3) is 0 Å². The molecular weight excluding hydrogens is 340 g/mol. The largest absolute Gasteiger partial charge is 0.512 e. The van der Waals surface area contributed by atoms with Gasteiger partial charge in [-0.3, -0.25) is 9.59 Å². The number of aliphatic hydroxyl groups is 1. The first-order valence-electron chi connectivity index (χ1n) is 7.58. The number of hydrogen-bond acceptors (Lipinski definition) is 7. The lowest BCUT2D eigenvalue weighted by Crippen LogP contribution is -2.65. The van der Waals surface area contributed by atoms with E-state index in [0.29, 0.717) is 27.7 Å². The molecule has 7 heteroatoms. The number of aromatic nitrogens is 2. The molecule has 0 saturated heterocycles. The Morgan fingerprint density at radius 3 is 2.20 bits per heavy atom. The second-order valence-corrected chi connectivity index (χ2v) is 6.97. The van der Waals surface area contributed by atoms with Gasteiger partial charge in [-0.15, -0.1) is 10.2 Å². The standard InChI is InChI=1S/C18H16N2O4S/c1-8-5-12(6-9(2)24-8)15-16(22)14(17(15)23)7-13(10(3)21)18-20-19-11(4)25-18/h5-7,21H,1-4H3. The summed E-state index contributed by atoms with van der Waals surface area (Å²) in [6, 6.07) is 0. The Balaban J connectivity index is 2.21. The van der Waals surface area contributed by atoms with Gasteiger partial charge in [-0.1, -0.05) is 11.3 Å². The molecule has 1 aliphatic rings. The van der Waals surface area contributed by atoms with E-state index in [2.05, 4.69) is 10.2 Å². The van der Waals surface area contributed by atoms with Crippen molar-refractivity contribution < 1.29 is 9.84 Å². The van der Waals surface area contributed by atoms with Gasteiger partial charge in [-0.25, -0.2) is 0 Å². The maximum absolute atomic E-state index is 12.5. The molecule has 0 fully saturated rings. The summed E-state index contributed by atoms with van der Waals surface area (Å²) in [4.78, 5) is 25.0. The first-order chi connectivity index (χ1) is 11.8. The topological polar surface area (TPSA) is 89.4 Å². The lowest BCUT2D eigenvalue weighted by Gasteiger charge is -2.12. The first kappa shape index (κ1) is 17.0. The van der Waals surface area contributed by atoms with Crippen LogP contribution in [0.15, 0.2) is 39.0 Å². The van der Waals surface area contributed by atoms with E-state index < -0.39 is 0 Å². The Hall–Kier alpha value is -2.80. The Morgan fingerprint density at radius 1 is 1.12 bits per heavy atom. The third-order valence-electron chi connectivity index (χ3n) is 3.71. The summed E-state index contributed by atoms with van der Waals surface area (Å²) >= 11 is 1.28. The van der Waals surface area contributed by atoms with Gasteiger partial charge in [0.1, 0.15) is 16.5 Å². The van der Waals surface area contributed by atoms with Crippen molar-refractivity contribution in [2.45, 2.75) is 27.7 Å². The van der Waals surface area contributed by atoms with Crippen molar-refractivity contribution >= 4 is 28.6 Å². The van der Waals surface area contributed by atoms with Crippen LogP contribution in [0.2, 0.25) is 0 Å². The molecule has 0 atom stereocenters. The fraction of sp³-hybridized carbons (Fsp3) is 0.222. The minimum atomic E-state index is -0.352. The number of hydrogen-bond donors (Lipinski definition) is 1. The number of ether oxygens (including phenoxy) is 1. The fourth-order valence-corrected chi connectivity index (χ4v) is 3.37. The van der Waals surface area contributed by atoms with Crippen molar-refractivity contribution in [1.82, 2.24) is 10.2 Å². The predicted molar refractivity (Wildman–Crippen MR) is 96.9 cm³/mol. The summed E-state index contributed by atoms with van der Waals surface area (Å²) in [5.74, 6) is 1.22. The molecule has 0 spiro atoms. The zero-order chi connectivity index (χ0) is 18.3. The van der Waals surface area contributed by atoms with Crippen LogP contribution in [0.4, 0.5) is 0 Å². The summed E-state index contributed by atoms with van der Waals surface area (Å²) in [6.07, 6.45) is 4.71. The van der Waals surface area contributed by atoms with E-state index in [-0.39, 0.29) is 27.1 Å². The van der Waals surface area contributed by atoms with Crippen LogP contribution >= 0.6 is 11.3 Å². The van der Waals surface area contributed by atoms with Crippen LogP contribution in [0, 0.1) is 6.92 Å². The molecule has 25 heavy (non-hydrogen) atoms. The van der Waals surface area contributed by atoms with Crippen LogP contribution in [0.3, 0.4) is 0 Å². The second-order valence-electron chi connectivity index (χ2n) is 5.78. The second kappa shape index (κ2) is 6.25. The van der Waals surface area contributed by atoms with E-state index in [1.165, 1.54) is 24.3 Å². The molecule has 0 aliphatic carbocycles. The molecule has 0 radical (unpaired) electrons. The zero-order valence-electron chi connectivity index (χ0n) is 14.2. The van der Waals surface area contributed by atoms with E-state index in [9.17, 15) is 14.7 Å². The van der Waals surface area contributed by atoms with Crippen molar-refractivity contribution in [3.8, 4) is 0 Å². The van der Waals surface area contributed by atoms with Gasteiger partial charge in [0, 0.05) is 0 Å². The molecule has 2 heterocycles. The van der Waals surface area contributed by atoms with Crippen molar-refractivity contribution in [3.05, 3.63) is 70.3 Å². The van der Waals surface area contributed by atoms with Gasteiger partial charge in [0.05, 0.1) is 21.8 Å². The minimum Gasteiger partial charge on any atom is -0.512 e. The van der Waals surface area contributed by atoms with E-state index in [0.717, 1.165) is 5.01 Å². The van der Waals surface area contributed by atoms with Crippen molar-refractivity contribution in [2.24, 2.45) is 0 Å². The number of aryl methyl sites for hydroxylation is 1. The van der Waals surface area contributed by atoms with E-state index in [4.69, 9.17) is 4.74 Å². The first-order valence-corrected chi connectivity index (χ1v) is 8.39. The van der Waals surface area contributed by atoms with Gasteiger partial charge >= 0.3 is 0 Å². The molecule has 0 saturated carbocycles. The molecule has 0 amide bonds. The van der Waals surface area contributed by atoms with Crippen molar-refractivity contribution in [3.63, 3.8) is 0 Å². The number of nitrogens with zero attached hydrogens (tertiary/aromatic N) is 2. The lowest BCUT2D eigenvalue weighted by atomic mass is 10.0. The van der Waals surface area contributed by atoms with Crippen LogP contribution in [0.1, 0.15) is 30.8 Å². The van der Waals surface area contributed by atoms with Gasteiger partial charge in [-0.05, 0) is 51.5 Å². The molecule has 1 aliphatic heterocycles. The molecule has 1 N–H and O–H groups in total. The van der Waals surface area contributed by atoms with E-state index in [1.54, 1.807) is 32.9 Å². The predicted octanol–water partition coefficient (Wildman–Crippen LogP) is 1.20. The van der Waals surface area contributed by atoms with Gasteiger partial charge in [0.2, 0.25) is 10.9 Å². The molecule has 0 unspecified atom stereocenters. The smallest absolute Gasteiger partial charge is 0.201 e. The van der Waals surface area contributed by atoms with Gasteiger partial charge < -0.3 is 9.84 Å². The summed E-state index contributed by atoms with van der Waals surface area (Å²) in [6.45, 7) is 6.78. The SMILES string of the molecule is CC1=CC(=c2c(=O)c(=CC(=C(C)O)c3nnc(C)s3)c2=O)C=C(C)O1. The molecule has 1 aromatic carbocycles. The van der Waals surface area contributed by atoms with Crippen LogP contribution in [0.25, 0.3) is 17.2 Å². The molecule has 128 valence electrons. The third kappa shape index (κ3) is 3.10. The van der Waals surface area contributed by atoms with Crippen LogP contribution in [-0.2, 0) is 4.74 Å². The Bertz CT molecular complexity index is 1100. The monoisotopic (exact) mass is 356 g/mol. The molecule has 6 nitrogen and oxygen atoms in total. The van der Waals surface area contributed by atoms with E-state index >= 15 is 0 Å². The summed E-state index contributed by atoms with van der Waals surface area (Å²) in [7, 11) is 0. The third-order valence-corrected chi connectivity index (χ3v) is 4.58. The van der Waals surface area contributed by atoms with Crippen molar-refractivity contribution in [1.29, 1.82) is 0 Å². The average molecular weight is 356 g/mol. The quantitative estimate of drug-likeness (QED) is 0.814. The average Bonchev–Trinajstić information content (AvgIpc) is 2.92. The maximum Gasteiger partial charge on any atom is 0.201 e. The van der Waals surface area contributed by atoms with Crippen molar-refractivity contribution in [2.75, 3.05) is 0 Å². The molecule has 2 aromatic rings. The summed E-state index contributed by atoms with van der Waals surface area (Å²) in [5, 5.41) is 19.1. The number of rotatable bonds is 2. The highest BCUT2D eigenvalue weighted by Crippen LogP contribution is 2.22. The number of aliphatic hydroxyl groups excluding tert-OH is 1. The Kier molecular flexibility index (Phi) is 4.26. The summed E-state index contributed by atoms with van der Waals surface area (Å²) < 4.78 is 5.39. The van der Waals surface area contributed by atoms with Gasteiger partial charge in [-0.2, -0.15) is 0 Å².